The summed E-state index contributed by atoms with van der Waals surface area (Å²) in [6.07, 6.45) is 1.06. The van der Waals surface area contributed by atoms with E-state index in [0.29, 0.717) is 4.47 Å². The van der Waals surface area contributed by atoms with Crippen molar-refractivity contribution in [1.29, 1.82) is 0 Å². The van der Waals surface area contributed by atoms with Crippen LogP contribution in [-0.2, 0) is 4.74 Å². The van der Waals surface area contributed by atoms with Crippen molar-refractivity contribution in [2.24, 2.45) is 0 Å². The molecule has 0 amide bonds. The summed E-state index contributed by atoms with van der Waals surface area (Å²) in [5, 5.41) is 3.30. The summed E-state index contributed by atoms with van der Waals surface area (Å²) in [6, 6.07) is 5.03. The summed E-state index contributed by atoms with van der Waals surface area (Å²) >= 11 is 3.18. The Bertz CT molecular complexity index is 337. The van der Waals surface area contributed by atoms with Crippen LogP contribution >= 0.6 is 15.9 Å². The van der Waals surface area contributed by atoms with Crippen molar-refractivity contribution in [3.8, 4) is 0 Å². The molecule has 4 heteroatoms. The maximum Gasteiger partial charge on any atom is 0.137 e. The first-order valence-corrected chi connectivity index (χ1v) is 5.84. The quantitative estimate of drug-likeness (QED) is 0.850. The third-order valence-corrected chi connectivity index (χ3v) is 3.07. The van der Waals surface area contributed by atoms with E-state index in [1.807, 2.05) is 0 Å². The summed E-state index contributed by atoms with van der Waals surface area (Å²) < 4.78 is 19.2. The third kappa shape index (κ3) is 2.77. The van der Waals surface area contributed by atoms with E-state index in [1.165, 1.54) is 6.07 Å². The van der Waals surface area contributed by atoms with Crippen molar-refractivity contribution in [1.82, 2.24) is 5.32 Å². The number of hydrogen-bond acceptors (Lipinski definition) is 2. The number of halogens is 2. The maximum absolute atomic E-state index is 13.0. The monoisotopic (exact) mass is 273 g/mol. The van der Waals surface area contributed by atoms with E-state index in [1.54, 1.807) is 12.1 Å². The van der Waals surface area contributed by atoms with E-state index in [2.05, 4.69) is 21.2 Å². The molecule has 1 aromatic carbocycles. The number of ether oxygens (including phenoxy) is 1. The maximum atomic E-state index is 13.0. The van der Waals surface area contributed by atoms with Gasteiger partial charge in [0.15, 0.2) is 0 Å². The number of nitrogens with one attached hydrogen (secondary N) is 1. The molecule has 1 heterocycles. The first-order chi connectivity index (χ1) is 7.27. The number of rotatable bonds is 1. The van der Waals surface area contributed by atoms with E-state index in [-0.39, 0.29) is 11.9 Å². The predicted octanol–water partition coefficient (Wildman–Crippen LogP) is 2.64. The molecule has 82 valence electrons. The summed E-state index contributed by atoms with van der Waals surface area (Å²) in [6.45, 7) is 2.53. The molecule has 1 aromatic rings. The van der Waals surface area contributed by atoms with Gasteiger partial charge in [-0.15, -0.1) is 0 Å². The Kier molecular flexibility index (Phi) is 3.72. The van der Waals surface area contributed by atoms with Crippen LogP contribution in [0.3, 0.4) is 0 Å². The number of benzene rings is 1. The van der Waals surface area contributed by atoms with Gasteiger partial charge in [0, 0.05) is 13.2 Å². The van der Waals surface area contributed by atoms with E-state index in [0.717, 1.165) is 31.7 Å². The first kappa shape index (κ1) is 11.0. The van der Waals surface area contributed by atoms with Crippen molar-refractivity contribution in [3.05, 3.63) is 34.1 Å². The Morgan fingerprint density at radius 2 is 2.33 bits per heavy atom. The minimum atomic E-state index is -0.236. The highest BCUT2D eigenvalue weighted by Crippen LogP contribution is 2.24. The van der Waals surface area contributed by atoms with Crippen LogP contribution in [0.2, 0.25) is 0 Å². The van der Waals surface area contributed by atoms with Crippen molar-refractivity contribution in [2.45, 2.75) is 12.5 Å². The van der Waals surface area contributed by atoms with Gasteiger partial charge in [-0.3, -0.25) is 0 Å². The van der Waals surface area contributed by atoms with Crippen molar-refractivity contribution >= 4 is 15.9 Å². The van der Waals surface area contributed by atoms with Crippen LogP contribution in [0.1, 0.15) is 18.1 Å². The van der Waals surface area contributed by atoms with Gasteiger partial charge in [0.25, 0.3) is 0 Å². The first-order valence-electron chi connectivity index (χ1n) is 5.04. The van der Waals surface area contributed by atoms with E-state index < -0.39 is 0 Å². The molecule has 1 atom stereocenters. The second-order valence-electron chi connectivity index (χ2n) is 3.59. The van der Waals surface area contributed by atoms with Gasteiger partial charge in [0.2, 0.25) is 0 Å². The lowest BCUT2D eigenvalue weighted by Gasteiger charge is -2.15. The van der Waals surface area contributed by atoms with E-state index in [9.17, 15) is 4.39 Å². The van der Waals surface area contributed by atoms with Crippen LogP contribution in [0, 0.1) is 5.82 Å². The summed E-state index contributed by atoms with van der Waals surface area (Å²) in [4.78, 5) is 0. The molecule has 15 heavy (non-hydrogen) atoms. The molecule has 1 aliphatic heterocycles. The second-order valence-corrected chi connectivity index (χ2v) is 4.44. The molecule has 0 aliphatic carbocycles. The van der Waals surface area contributed by atoms with Crippen LogP contribution in [0.5, 0.6) is 0 Å². The Morgan fingerprint density at radius 1 is 1.47 bits per heavy atom. The zero-order valence-corrected chi connectivity index (χ0v) is 9.89. The van der Waals surface area contributed by atoms with E-state index in [4.69, 9.17) is 4.74 Å². The van der Waals surface area contributed by atoms with Crippen LogP contribution < -0.4 is 5.32 Å². The molecule has 0 spiro atoms. The fourth-order valence-corrected chi connectivity index (χ4v) is 2.04. The average Bonchev–Trinajstić information content (AvgIpc) is 2.50. The Morgan fingerprint density at radius 3 is 3.13 bits per heavy atom. The molecule has 1 N–H and O–H groups in total. The Balaban J connectivity index is 2.16. The molecule has 1 saturated heterocycles. The number of hydrogen-bond donors (Lipinski definition) is 1. The minimum absolute atomic E-state index is 0.0319. The van der Waals surface area contributed by atoms with Crippen molar-refractivity contribution < 1.29 is 9.13 Å². The fraction of sp³-hybridized carbons (Fsp3) is 0.455. The molecule has 0 radical (unpaired) electrons. The van der Waals surface area contributed by atoms with Gasteiger partial charge in [-0.2, -0.15) is 0 Å². The van der Waals surface area contributed by atoms with Gasteiger partial charge in [0.1, 0.15) is 5.82 Å². The SMILES string of the molecule is Fc1ccc(C2CNCCCO2)cc1Br. The second kappa shape index (κ2) is 5.05. The molecular formula is C11H13BrFNO. The predicted molar refractivity (Wildman–Crippen MR) is 60.3 cm³/mol. The summed E-state index contributed by atoms with van der Waals surface area (Å²) in [5.74, 6) is -0.236. The molecule has 1 fully saturated rings. The topological polar surface area (TPSA) is 21.3 Å². The van der Waals surface area contributed by atoms with Crippen LogP contribution in [0.4, 0.5) is 4.39 Å². The summed E-state index contributed by atoms with van der Waals surface area (Å²) in [7, 11) is 0. The third-order valence-electron chi connectivity index (χ3n) is 2.46. The summed E-state index contributed by atoms with van der Waals surface area (Å²) in [5.41, 5.74) is 1.01. The lowest BCUT2D eigenvalue weighted by Crippen LogP contribution is -2.20. The highest BCUT2D eigenvalue weighted by molar-refractivity contribution is 9.10. The minimum Gasteiger partial charge on any atom is -0.372 e. The van der Waals surface area contributed by atoms with Crippen molar-refractivity contribution in [2.75, 3.05) is 19.7 Å². The van der Waals surface area contributed by atoms with Gasteiger partial charge >= 0.3 is 0 Å². The molecule has 0 aromatic heterocycles. The zero-order chi connectivity index (χ0) is 10.7. The molecule has 0 saturated carbocycles. The van der Waals surface area contributed by atoms with E-state index >= 15 is 0 Å². The van der Waals surface area contributed by atoms with Crippen molar-refractivity contribution in [3.63, 3.8) is 0 Å². The highest BCUT2D eigenvalue weighted by Gasteiger charge is 2.15. The lowest BCUT2D eigenvalue weighted by atomic mass is 10.1. The van der Waals surface area contributed by atoms with Gasteiger partial charge in [-0.25, -0.2) is 4.39 Å². The Hall–Kier alpha value is -0.450. The molecule has 2 rings (SSSR count). The lowest BCUT2D eigenvalue weighted by molar-refractivity contribution is 0.0668. The molecule has 1 aliphatic rings. The highest BCUT2D eigenvalue weighted by atomic mass is 79.9. The zero-order valence-electron chi connectivity index (χ0n) is 8.30. The average molecular weight is 274 g/mol. The molecule has 0 bridgehead atoms. The van der Waals surface area contributed by atoms with Gasteiger partial charge in [-0.05, 0) is 46.6 Å². The van der Waals surface area contributed by atoms with Crippen LogP contribution in [-0.4, -0.2) is 19.7 Å². The molecular weight excluding hydrogens is 261 g/mol. The smallest absolute Gasteiger partial charge is 0.137 e. The van der Waals surface area contributed by atoms with Gasteiger partial charge in [-0.1, -0.05) is 6.07 Å². The van der Waals surface area contributed by atoms with Crippen LogP contribution in [0.25, 0.3) is 0 Å². The van der Waals surface area contributed by atoms with Gasteiger partial charge < -0.3 is 10.1 Å². The fourth-order valence-electron chi connectivity index (χ4n) is 1.64. The largest absolute Gasteiger partial charge is 0.372 e. The van der Waals surface area contributed by atoms with Gasteiger partial charge in [0.05, 0.1) is 10.6 Å². The molecule has 1 unspecified atom stereocenters. The van der Waals surface area contributed by atoms with Crippen LogP contribution in [0.15, 0.2) is 22.7 Å². The Labute approximate surface area is 96.9 Å². The standard InChI is InChI=1S/C11H13BrFNO/c12-9-6-8(2-3-10(9)13)11-7-14-4-1-5-15-11/h2-3,6,11,14H,1,4-5,7H2. The normalized spacial score (nSPS) is 22.4. The molecule has 2 nitrogen and oxygen atoms in total.